The SMILES string of the molecule is C=C(c1ccccc1)c1cc(-c2ccc3nc(C)cc(-c4ccccc4)c3c2)ccc1N=C(CC)c1ccc(C(C)(C)C)s1. The van der Waals surface area contributed by atoms with Gasteiger partial charge in [0.15, 0.2) is 0 Å². The van der Waals surface area contributed by atoms with Gasteiger partial charge in [0.25, 0.3) is 0 Å². The fourth-order valence-electron chi connectivity index (χ4n) is 5.59. The smallest absolute Gasteiger partial charge is 0.0712 e. The van der Waals surface area contributed by atoms with Crippen LogP contribution < -0.4 is 0 Å². The zero-order valence-electron chi connectivity index (χ0n) is 26.2. The molecule has 0 saturated carbocycles. The molecule has 3 heteroatoms. The zero-order chi connectivity index (χ0) is 30.8. The van der Waals surface area contributed by atoms with Crippen LogP contribution in [0.5, 0.6) is 0 Å². The number of hydrogen-bond donors (Lipinski definition) is 0. The molecule has 0 atom stereocenters. The predicted octanol–water partition coefficient (Wildman–Crippen LogP) is 11.8. The number of thiophene rings is 1. The molecule has 0 aliphatic carbocycles. The van der Waals surface area contributed by atoms with E-state index in [9.17, 15) is 0 Å². The highest BCUT2D eigenvalue weighted by molar-refractivity contribution is 7.14. The maximum absolute atomic E-state index is 5.29. The molecule has 2 aromatic heterocycles. The summed E-state index contributed by atoms with van der Waals surface area (Å²) in [6, 6.07) is 40.8. The van der Waals surface area contributed by atoms with Gasteiger partial charge >= 0.3 is 0 Å². The Morgan fingerprint density at radius 1 is 0.773 bits per heavy atom. The van der Waals surface area contributed by atoms with Crippen LogP contribution in [0.25, 0.3) is 38.7 Å². The van der Waals surface area contributed by atoms with Gasteiger partial charge in [-0.2, -0.15) is 0 Å². The Balaban J connectivity index is 1.49. The third-order valence-corrected chi connectivity index (χ3v) is 9.58. The molecule has 6 aromatic rings. The van der Waals surface area contributed by atoms with E-state index in [-0.39, 0.29) is 5.41 Å². The van der Waals surface area contributed by atoms with Gasteiger partial charge in [0, 0.05) is 26.4 Å². The number of aliphatic imine (C=N–C) groups is 1. The molecule has 0 unspecified atom stereocenters. The number of fused-ring (bicyclic) bond motifs is 1. The summed E-state index contributed by atoms with van der Waals surface area (Å²) < 4.78 is 0. The Morgan fingerprint density at radius 3 is 2.14 bits per heavy atom. The molecule has 0 spiro atoms. The van der Waals surface area contributed by atoms with Crippen molar-refractivity contribution < 1.29 is 0 Å². The number of nitrogens with zero attached hydrogens (tertiary/aromatic N) is 2. The second-order valence-electron chi connectivity index (χ2n) is 12.3. The van der Waals surface area contributed by atoms with Crippen molar-refractivity contribution in [1.82, 2.24) is 4.98 Å². The van der Waals surface area contributed by atoms with E-state index in [1.54, 1.807) is 0 Å². The highest BCUT2D eigenvalue weighted by Crippen LogP contribution is 2.38. The molecule has 0 radical (unpaired) electrons. The summed E-state index contributed by atoms with van der Waals surface area (Å²) >= 11 is 1.84. The predicted molar refractivity (Wildman–Crippen MR) is 191 cm³/mol. The Labute approximate surface area is 265 Å². The molecule has 6 rings (SSSR count). The Kier molecular flexibility index (Phi) is 8.16. The summed E-state index contributed by atoms with van der Waals surface area (Å²) in [5.74, 6) is 0. The molecule has 0 aliphatic heterocycles. The van der Waals surface area contributed by atoms with Crippen molar-refractivity contribution in [2.24, 2.45) is 4.99 Å². The van der Waals surface area contributed by atoms with Crippen LogP contribution in [0.15, 0.2) is 127 Å². The van der Waals surface area contributed by atoms with Crippen molar-refractivity contribution >= 4 is 39.2 Å². The van der Waals surface area contributed by atoms with Gasteiger partial charge in [-0.1, -0.05) is 107 Å². The molecule has 0 fully saturated rings. The summed E-state index contributed by atoms with van der Waals surface area (Å²) in [5, 5.41) is 1.14. The van der Waals surface area contributed by atoms with Crippen molar-refractivity contribution in [3.8, 4) is 22.3 Å². The highest BCUT2D eigenvalue weighted by Gasteiger charge is 2.18. The van der Waals surface area contributed by atoms with E-state index in [4.69, 9.17) is 9.98 Å². The average Bonchev–Trinajstić information content (AvgIpc) is 3.55. The Bertz CT molecular complexity index is 1990. The Morgan fingerprint density at radius 2 is 1.45 bits per heavy atom. The number of pyridine rings is 1. The molecular formula is C41H38N2S. The normalized spacial score (nSPS) is 12.1. The second-order valence-corrected chi connectivity index (χ2v) is 13.4. The van der Waals surface area contributed by atoms with Crippen LogP contribution in [0.2, 0.25) is 0 Å². The van der Waals surface area contributed by atoms with Crippen LogP contribution in [0, 0.1) is 6.92 Å². The lowest BCUT2D eigenvalue weighted by Gasteiger charge is -2.16. The van der Waals surface area contributed by atoms with Crippen molar-refractivity contribution in [2.45, 2.75) is 46.5 Å². The second kappa shape index (κ2) is 12.2. The number of rotatable bonds is 7. The summed E-state index contributed by atoms with van der Waals surface area (Å²) in [4.78, 5) is 12.7. The van der Waals surface area contributed by atoms with Crippen LogP contribution in [0.4, 0.5) is 5.69 Å². The molecule has 4 aromatic carbocycles. The zero-order valence-corrected chi connectivity index (χ0v) is 27.0. The van der Waals surface area contributed by atoms with Crippen LogP contribution in [-0.2, 0) is 5.41 Å². The van der Waals surface area contributed by atoms with Crippen molar-refractivity contribution in [3.63, 3.8) is 0 Å². The van der Waals surface area contributed by atoms with Crippen molar-refractivity contribution in [2.75, 3.05) is 0 Å². The number of aryl methyl sites for hydroxylation is 1. The fourth-order valence-corrected chi connectivity index (χ4v) is 6.72. The van der Waals surface area contributed by atoms with Gasteiger partial charge in [-0.25, -0.2) is 0 Å². The van der Waals surface area contributed by atoms with Gasteiger partial charge in [0.2, 0.25) is 0 Å². The largest absolute Gasteiger partial charge is 0.253 e. The molecule has 0 aliphatic rings. The summed E-state index contributed by atoms with van der Waals surface area (Å²) in [5.41, 5.74) is 11.9. The minimum atomic E-state index is 0.116. The molecule has 0 amide bonds. The van der Waals surface area contributed by atoms with Crippen LogP contribution in [0.1, 0.15) is 60.7 Å². The van der Waals surface area contributed by atoms with Crippen molar-refractivity contribution in [1.29, 1.82) is 0 Å². The first kappa shape index (κ1) is 29.5. The van der Waals surface area contributed by atoms with Crippen LogP contribution >= 0.6 is 11.3 Å². The third-order valence-electron chi connectivity index (χ3n) is 8.02. The van der Waals surface area contributed by atoms with Crippen molar-refractivity contribution in [3.05, 3.63) is 148 Å². The average molecular weight is 591 g/mol. The number of hydrogen-bond acceptors (Lipinski definition) is 3. The first-order valence-electron chi connectivity index (χ1n) is 15.3. The monoisotopic (exact) mass is 590 g/mol. The maximum Gasteiger partial charge on any atom is 0.0712 e. The number of benzene rings is 4. The molecule has 2 nitrogen and oxygen atoms in total. The van der Waals surface area contributed by atoms with E-state index in [2.05, 4.69) is 150 Å². The van der Waals surface area contributed by atoms with Gasteiger partial charge in [-0.15, -0.1) is 11.3 Å². The van der Waals surface area contributed by atoms with Gasteiger partial charge < -0.3 is 0 Å². The summed E-state index contributed by atoms with van der Waals surface area (Å²) in [7, 11) is 0. The lowest BCUT2D eigenvalue weighted by Crippen LogP contribution is -2.07. The van der Waals surface area contributed by atoms with Gasteiger partial charge in [0.1, 0.15) is 0 Å². The van der Waals surface area contributed by atoms with Gasteiger partial charge in [0.05, 0.1) is 16.9 Å². The van der Waals surface area contributed by atoms with E-state index in [1.165, 1.54) is 20.9 Å². The molecule has 44 heavy (non-hydrogen) atoms. The molecule has 218 valence electrons. The van der Waals surface area contributed by atoms with E-state index in [0.717, 1.165) is 62.2 Å². The summed E-state index contributed by atoms with van der Waals surface area (Å²) in [6.45, 7) is 15.6. The van der Waals surface area contributed by atoms with Crippen LogP contribution in [0.3, 0.4) is 0 Å². The first-order valence-corrected chi connectivity index (χ1v) is 16.1. The molecule has 0 bridgehead atoms. The van der Waals surface area contributed by atoms with E-state index < -0.39 is 0 Å². The molecule has 0 saturated heterocycles. The maximum atomic E-state index is 5.29. The molecule has 2 heterocycles. The minimum absolute atomic E-state index is 0.116. The standard InChI is InChI=1S/C41H38N2S/c1-7-36(39-22-23-40(44-39)41(4,5)6)43-37-20-18-31(25-33(37)28(3)29-14-10-8-11-15-29)32-19-21-38-35(26-32)34(24-27(2)42-38)30-16-12-9-13-17-30/h8-26H,3,7H2,1-2,4-6H3. The van der Waals surface area contributed by atoms with E-state index >= 15 is 0 Å². The molecule has 0 N–H and O–H groups in total. The van der Waals surface area contributed by atoms with E-state index in [0.29, 0.717) is 0 Å². The third kappa shape index (κ3) is 6.06. The summed E-state index contributed by atoms with van der Waals surface area (Å²) in [6.07, 6.45) is 0.850. The van der Waals surface area contributed by atoms with Gasteiger partial charge in [-0.05, 0) is 94.6 Å². The first-order chi connectivity index (χ1) is 21.2. The Hall–Kier alpha value is -4.60. The fraction of sp³-hybridized carbons (Fsp3) is 0.171. The minimum Gasteiger partial charge on any atom is -0.253 e. The highest BCUT2D eigenvalue weighted by atomic mass is 32.1. The lowest BCUT2D eigenvalue weighted by atomic mass is 9.92. The van der Waals surface area contributed by atoms with Gasteiger partial charge in [-0.3, -0.25) is 9.98 Å². The quantitative estimate of drug-likeness (QED) is 0.170. The molecular weight excluding hydrogens is 553 g/mol. The number of aromatic nitrogens is 1. The van der Waals surface area contributed by atoms with E-state index in [1.807, 2.05) is 17.4 Å². The van der Waals surface area contributed by atoms with Crippen LogP contribution in [-0.4, -0.2) is 10.7 Å². The topological polar surface area (TPSA) is 25.2 Å². The lowest BCUT2D eigenvalue weighted by molar-refractivity contribution is 0.604.